The van der Waals surface area contributed by atoms with E-state index >= 15 is 0 Å². The van der Waals surface area contributed by atoms with Crippen molar-refractivity contribution >= 4 is 0 Å². The van der Waals surface area contributed by atoms with Crippen LogP contribution in [0, 0.1) is 11.8 Å². The largest absolute Gasteiger partial charge is 0.365 e. The van der Waals surface area contributed by atoms with Gasteiger partial charge in [0.2, 0.25) is 0 Å². The predicted molar refractivity (Wildman–Crippen MR) is 44.1 cm³/mol. The van der Waals surface area contributed by atoms with Gasteiger partial charge in [0, 0.05) is 12.3 Å². The monoisotopic (exact) mass is 158 g/mol. The molecule has 66 valence electrons. The average Bonchev–Trinajstić information content (AvgIpc) is 1.95. The topological polar surface area (TPSA) is 29.5 Å². The van der Waals surface area contributed by atoms with Crippen molar-refractivity contribution in [3.8, 4) is 0 Å². The van der Waals surface area contributed by atoms with Crippen LogP contribution in [0.3, 0.4) is 0 Å². The van der Waals surface area contributed by atoms with E-state index in [0.717, 1.165) is 12.8 Å². The SMILES string of the molecule is CC1CCC(O)(C(C)C)OC1. The highest BCUT2D eigenvalue weighted by Gasteiger charge is 2.35. The van der Waals surface area contributed by atoms with Crippen LogP contribution in [0.1, 0.15) is 33.6 Å². The molecule has 0 aromatic rings. The van der Waals surface area contributed by atoms with Crippen molar-refractivity contribution in [1.82, 2.24) is 0 Å². The summed E-state index contributed by atoms with van der Waals surface area (Å²) in [6.45, 7) is 6.85. The van der Waals surface area contributed by atoms with Crippen molar-refractivity contribution in [2.75, 3.05) is 6.61 Å². The highest BCUT2D eigenvalue weighted by atomic mass is 16.6. The first-order valence-corrected chi connectivity index (χ1v) is 4.41. The molecule has 1 aliphatic rings. The van der Waals surface area contributed by atoms with Gasteiger partial charge in [0.1, 0.15) is 0 Å². The molecule has 0 aromatic carbocycles. The second-order valence-electron chi connectivity index (χ2n) is 3.95. The second kappa shape index (κ2) is 3.11. The third-order valence-electron chi connectivity index (χ3n) is 2.52. The molecule has 1 saturated heterocycles. The number of hydrogen-bond donors (Lipinski definition) is 1. The molecule has 2 heteroatoms. The van der Waals surface area contributed by atoms with Crippen molar-refractivity contribution in [2.45, 2.75) is 39.4 Å². The molecule has 11 heavy (non-hydrogen) atoms. The van der Waals surface area contributed by atoms with Crippen molar-refractivity contribution in [2.24, 2.45) is 11.8 Å². The second-order valence-corrected chi connectivity index (χ2v) is 3.95. The lowest BCUT2D eigenvalue weighted by molar-refractivity contribution is -0.258. The van der Waals surface area contributed by atoms with E-state index in [1.807, 2.05) is 13.8 Å². The fourth-order valence-electron chi connectivity index (χ4n) is 1.35. The summed E-state index contributed by atoms with van der Waals surface area (Å²) < 4.78 is 5.39. The number of aliphatic hydroxyl groups is 1. The molecule has 1 fully saturated rings. The van der Waals surface area contributed by atoms with E-state index in [9.17, 15) is 5.11 Å². The fourth-order valence-corrected chi connectivity index (χ4v) is 1.35. The van der Waals surface area contributed by atoms with Gasteiger partial charge in [0.05, 0.1) is 6.61 Å². The Balaban J connectivity index is 2.48. The van der Waals surface area contributed by atoms with Crippen LogP contribution in [-0.4, -0.2) is 17.5 Å². The lowest BCUT2D eigenvalue weighted by Crippen LogP contribution is -2.43. The summed E-state index contributed by atoms with van der Waals surface area (Å²) in [6.07, 6.45) is 1.86. The molecule has 0 bridgehead atoms. The Morgan fingerprint density at radius 2 is 2.18 bits per heavy atom. The van der Waals surface area contributed by atoms with Crippen molar-refractivity contribution in [1.29, 1.82) is 0 Å². The number of ether oxygens (including phenoxy) is 1. The van der Waals surface area contributed by atoms with E-state index in [4.69, 9.17) is 4.74 Å². The van der Waals surface area contributed by atoms with E-state index in [0.29, 0.717) is 12.5 Å². The third-order valence-corrected chi connectivity index (χ3v) is 2.52. The molecule has 0 amide bonds. The Labute approximate surface area is 68.6 Å². The minimum atomic E-state index is -0.841. The summed E-state index contributed by atoms with van der Waals surface area (Å²) in [7, 11) is 0. The molecule has 2 unspecified atom stereocenters. The lowest BCUT2D eigenvalue weighted by Gasteiger charge is -2.37. The van der Waals surface area contributed by atoms with Crippen LogP contribution in [0.4, 0.5) is 0 Å². The van der Waals surface area contributed by atoms with E-state index in [2.05, 4.69) is 6.92 Å². The molecule has 0 radical (unpaired) electrons. The van der Waals surface area contributed by atoms with Crippen LogP contribution in [0.5, 0.6) is 0 Å². The molecule has 1 rings (SSSR count). The fraction of sp³-hybridized carbons (Fsp3) is 1.00. The van der Waals surface area contributed by atoms with E-state index in [1.165, 1.54) is 0 Å². The van der Waals surface area contributed by atoms with Gasteiger partial charge in [0.25, 0.3) is 0 Å². The van der Waals surface area contributed by atoms with Gasteiger partial charge in [-0.15, -0.1) is 0 Å². The van der Waals surface area contributed by atoms with Crippen LogP contribution in [-0.2, 0) is 4.74 Å². The molecule has 0 aliphatic carbocycles. The Kier molecular flexibility index (Phi) is 2.55. The first-order chi connectivity index (χ1) is 5.04. The molecule has 0 saturated carbocycles. The third kappa shape index (κ3) is 1.94. The summed E-state index contributed by atoms with van der Waals surface area (Å²) >= 11 is 0. The molecule has 2 atom stereocenters. The van der Waals surface area contributed by atoms with Crippen molar-refractivity contribution < 1.29 is 9.84 Å². The lowest BCUT2D eigenvalue weighted by atomic mass is 9.91. The maximum Gasteiger partial charge on any atom is 0.167 e. The maximum absolute atomic E-state index is 9.84. The van der Waals surface area contributed by atoms with Gasteiger partial charge in [-0.3, -0.25) is 0 Å². The molecular weight excluding hydrogens is 140 g/mol. The summed E-state index contributed by atoms with van der Waals surface area (Å²) in [5.41, 5.74) is 0. The molecule has 1 aliphatic heterocycles. The molecule has 1 N–H and O–H groups in total. The van der Waals surface area contributed by atoms with Crippen molar-refractivity contribution in [3.05, 3.63) is 0 Å². The van der Waals surface area contributed by atoms with Crippen LogP contribution >= 0.6 is 0 Å². The summed E-state index contributed by atoms with van der Waals surface area (Å²) in [4.78, 5) is 0. The number of hydrogen-bond acceptors (Lipinski definition) is 2. The molecule has 0 spiro atoms. The molecule has 2 nitrogen and oxygen atoms in total. The Morgan fingerprint density at radius 1 is 1.55 bits per heavy atom. The zero-order valence-electron chi connectivity index (χ0n) is 7.63. The van der Waals surface area contributed by atoms with Crippen LogP contribution < -0.4 is 0 Å². The van der Waals surface area contributed by atoms with Crippen LogP contribution in [0.15, 0.2) is 0 Å². The van der Waals surface area contributed by atoms with Crippen molar-refractivity contribution in [3.63, 3.8) is 0 Å². The van der Waals surface area contributed by atoms with Crippen LogP contribution in [0.2, 0.25) is 0 Å². The standard InChI is InChI=1S/C9H18O2/c1-7(2)9(10)5-4-8(3)6-11-9/h7-8,10H,4-6H2,1-3H3. The Hall–Kier alpha value is -0.0800. The van der Waals surface area contributed by atoms with Gasteiger partial charge in [-0.05, 0) is 12.3 Å². The van der Waals surface area contributed by atoms with E-state index < -0.39 is 5.79 Å². The van der Waals surface area contributed by atoms with E-state index in [1.54, 1.807) is 0 Å². The Morgan fingerprint density at radius 3 is 2.55 bits per heavy atom. The van der Waals surface area contributed by atoms with Gasteiger partial charge in [-0.1, -0.05) is 20.8 Å². The zero-order valence-corrected chi connectivity index (χ0v) is 7.63. The maximum atomic E-state index is 9.84. The first-order valence-electron chi connectivity index (χ1n) is 4.41. The summed E-state index contributed by atoms with van der Waals surface area (Å²) in [5, 5.41) is 9.84. The van der Waals surface area contributed by atoms with Gasteiger partial charge in [-0.25, -0.2) is 0 Å². The first kappa shape index (κ1) is 9.01. The minimum Gasteiger partial charge on any atom is -0.365 e. The zero-order chi connectivity index (χ0) is 8.48. The smallest absolute Gasteiger partial charge is 0.167 e. The van der Waals surface area contributed by atoms with Gasteiger partial charge in [0.15, 0.2) is 5.79 Å². The normalized spacial score (nSPS) is 39.5. The molecule has 0 aromatic heterocycles. The van der Waals surface area contributed by atoms with Crippen LogP contribution in [0.25, 0.3) is 0 Å². The Bertz CT molecular complexity index is 124. The quantitative estimate of drug-likeness (QED) is 0.630. The molecular formula is C9H18O2. The van der Waals surface area contributed by atoms with Gasteiger partial charge in [-0.2, -0.15) is 0 Å². The highest BCUT2D eigenvalue weighted by Crippen LogP contribution is 2.31. The predicted octanol–water partition coefficient (Wildman–Crippen LogP) is 1.78. The van der Waals surface area contributed by atoms with Gasteiger partial charge >= 0.3 is 0 Å². The summed E-state index contributed by atoms with van der Waals surface area (Å²) in [5.74, 6) is -0.0315. The van der Waals surface area contributed by atoms with Gasteiger partial charge < -0.3 is 9.84 Å². The average molecular weight is 158 g/mol. The summed E-state index contributed by atoms with van der Waals surface area (Å²) in [6, 6.07) is 0. The minimum absolute atomic E-state index is 0.204. The highest BCUT2D eigenvalue weighted by molar-refractivity contribution is 4.77. The number of rotatable bonds is 1. The van der Waals surface area contributed by atoms with E-state index in [-0.39, 0.29) is 5.92 Å². The molecule has 1 heterocycles.